The fraction of sp³-hybridized carbons (Fsp3) is 0.500. The van der Waals surface area contributed by atoms with Crippen LogP contribution in [0.2, 0.25) is 0 Å². The van der Waals surface area contributed by atoms with E-state index in [1.807, 2.05) is 12.1 Å². The fourth-order valence-electron chi connectivity index (χ4n) is 2.95. The summed E-state index contributed by atoms with van der Waals surface area (Å²) in [5, 5.41) is 12.0. The third-order valence-corrected chi connectivity index (χ3v) is 4.13. The Morgan fingerprint density at radius 1 is 1.32 bits per heavy atom. The number of carbonyl (C=O) groups is 2. The Morgan fingerprint density at radius 2 is 1.95 bits per heavy atom. The van der Waals surface area contributed by atoms with E-state index in [2.05, 4.69) is 16.4 Å². The molecule has 3 N–H and O–H groups in total. The molecule has 6 heteroatoms. The molecular formula is C16H20N4O2. The predicted molar refractivity (Wildman–Crippen MR) is 80.1 cm³/mol. The molecule has 1 fully saturated rings. The molecule has 0 aliphatic heterocycles. The summed E-state index contributed by atoms with van der Waals surface area (Å²) in [6.07, 6.45) is 6.83. The van der Waals surface area contributed by atoms with E-state index in [-0.39, 0.29) is 5.91 Å². The summed E-state index contributed by atoms with van der Waals surface area (Å²) in [7, 11) is 0. The van der Waals surface area contributed by atoms with Gasteiger partial charge in [0, 0.05) is 30.7 Å². The lowest BCUT2D eigenvalue weighted by Gasteiger charge is -2.29. The first kappa shape index (κ1) is 16.0. The van der Waals surface area contributed by atoms with E-state index in [1.54, 1.807) is 12.4 Å². The van der Waals surface area contributed by atoms with Crippen LogP contribution in [0.3, 0.4) is 0 Å². The molecule has 0 radical (unpaired) electrons. The molecular weight excluding hydrogens is 280 g/mol. The molecule has 1 aliphatic rings. The zero-order valence-corrected chi connectivity index (χ0v) is 12.4. The number of aromatic nitrogens is 1. The first-order valence-corrected chi connectivity index (χ1v) is 7.50. The number of nitrogens with zero attached hydrogens (tertiary/aromatic N) is 2. The molecule has 22 heavy (non-hydrogen) atoms. The van der Waals surface area contributed by atoms with Crippen LogP contribution in [0, 0.1) is 23.2 Å². The van der Waals surface area contributed by atoms with Crippen LogP contribution in [0.5, 0.6) is 0 Å². The van der Waals surface area contributed by atoms with Crippen LogP contribution in [0.25, 0.3) is 0 Å². The lowest BCUT2D eigenvalue weighted by Crippen LogP contribution is -2.45. The Morgan fingerprint density at radius 3 is 2.55 bits per heavy atom. The van der Waals surface area contributed by atoms with E-state index in [1.165, 1.54) is 0 Å². The number of carbonyl (C=O) groups excluding carboxylic acids is 2. The molecule has 1 aromatic rings. The van der Waals surface area contributed by atoms with E-state index in [0.717, 1.165) is 18.4 Å². The van der Waals surface area contributed by atoms with Crippen LogP contribution in [-0.4, -0.2) is 22.8 Å². The first-order chi connectivity index (χ1) is 10.6. The summed E-state index contributed by atoms with van der Waals surface area (Å²) < 4.78 is 0. The van der Waals surface area contributed by atoms with E-state index < -0.39 is 23.8 Å². The topological polar surface area (TPSA) is 109 Å². The number of nitrogens with two attached hydrogens (primary N) is 1. The van der Waals surface area contributed by atoms with Crippen molar-refractivity contribution in [3.8, 4) is 6.07 Å². The van der Waals surface area contributed by atoms with Gasteiger partial charge in [0.1, 0.15) is 6.04 Å². The Labute approximate surface area is 129 Å². The Balaban J connectivity index is 1.99. The summed E-state index contributed by atoms with van der Waals surface area (Å²) in [5.41, 5.74) is 6.32. The van der Waals surface area contributed by atoms with Crippen molar-refractivity contribution < 1.29 is 9.59 Å². The van der Waals surface area contributed by atoms with E-state index in [0.29, 0.717) is 19.3 Å². The van der Waals surface area contributed by atoms with Crippen molar-refractivity contribution in [3.05, 3.63) is 30.1 Å². The number of amides is 2. The number of hydrogen-bond donors (Lipinski definition) is 2. The smallest absolute Gasteiger partial charge is 0.224 e. The highest BCUT2D eigenvalue weighted by Crippen LogP contribution is 2.30. The van der Waals surface area contributed by atoms with E-state index in [4.69, 9.17) is 5.73 Å². The zero-order valence-electron chi connectivity index (χ0n) is 12.4. The van der Waals surface area contributed by atoms with Crippen molar-refractivity contribution in [2.24, 2.45) is 17.6 Å². The third-order valence-electron chi connectivity index (χ3n) is 4.13. The number of nitrogens with one attached hydrogen (secondary N) is 1. The molecule has 116 valence electrons. The maximum Gasteiger partial charge on any atom is 0.224 e. The summed E-state index contributed by atoms with van der Waals surface area (Å²) in [4.78, 5) is 27.8. The van der Waals surface area contributed by atoms with Crippen molar-refractivity contribution in [2.45, 2.75) is 38.1 Å². The lowest BCUT2D eigenvalue weighted by atomic mass is 9.78. The highest BCUT2D eigenvalue weighted by molar-refractivity contribution is 5.87. The van der Waals surface area contributed by atoms with Gasteiger partial charge < -0.3 is 11.1 Å². The molecule has 2 amide bonds. The largest absolute Gasteiger partial charge is 0.369 e. The molecule has 1 unspecified atom stereocenters. The van der Waals surface area contributed by atoms with Gasteiger partial charge in [0.2, 0.25) is 11.8 Å². The predicted octanol–water partition coefficient (Wildman–Crippen LogP) is 0.924. The molecule has 0 aromatic carbocycles. The Hall–Kier alpha value is -2.42. The van der Waals surface area contributed by atoms with Gasteiger partial charge >= 0.3 is 0 Å². The molecule has 1 heterocycles. The summed E-state index contributed by atoms with van der Waals surface area (Å²) >= 11 is 0. The second-order valence-electron chi connectivity index (χ2n) is 5.65. The molecule has 6 nitrogen and oxygen atoms in total. The van der Waals surface area contributed by atoms with Gasteiger partial charge in [-0.3, -0.25) is 14.6 Å². The maximum atomic E-state index is 12.4. The van der Waals surface area contributed by atoms with Crippen molar-refractivity contribution >= 4 is 11.8 Å². The number of hydrogen-bond acceptors (Lipinski definition) is 4. The SMILES string of the molecule is N#CC(Cc1ccncc1)NC(=O)[C@@H]1CCCC[C@@H]1C(N)=O. The average molecular weight is 300 g/mol. The number of pyridine rings is 1. The minimum Gasteiger partial charge on any atom is -0.369 e. The van der Waals surface area contributed by atoms with Gasteiger partial charge in [-0.25, -0.2) is 0 Å². The fourth-order valence-corrected chi connectivity index (χ4v) is 2.95. The summed E-state index contributed by atoms with van der Waals surface area (Å²) in [6, 6.07) is 5.09. The first-order valence-electron chi connectivity index (χ1n) is 7.50. The van der Waals surface area contributed by atoms with E-state index >= 15 is 0 Å². The highest BCUT2D eigenvalue weighted by atomic mass is 16.2. The van der Waals surface area contributed by atoms with Crippen LogP contribution in [0.1, 0.15) is 31.2 Å². The minimum absolute atomic E-state index is 0.246. The zero-order chi connectivity index (χ0) is 15.9. The number of primary amides is 1. The molecule has 1 aromatic heterocycles. The van der Waals surface area contributed by atoms with Gasteiger partial charge in [-0.1, -0.05) is 12.8 Å². The van der Waals surface area contributed by atoms with Gasteiger partial charge in [-0.05, 0) is 30.5 Å². The van der Waals surface area contributed by atoms with Crippen LogP contribution >= 0.6 is 0 Å². The normalized spacial score (nSPS) is 22.3. The molecule has 2 rings (SSSR count). The van der Waals surface area contributed by atoms with Crippen LogP contribution < -0.4 is 11.1 Å². The molecule has 1 saturated carbocycles. The third kappa shape index (κ3) is 4.04. The lowest BCUT2D eigenvalue weighted by molar-refractivity contribution is -0.135. The van der Waals surface area contributed by atoms with Crippen LogP contribution in [-0.2, 0) is 16.0 Å². The van der Waals surface area contributed by atoms with Crippen molar-refractivity contribution in [2.75, 3.05) is 0 Å². The summed E-state index contributed by atoms with van der Waals surface area (Å²) in [5.74, 6) is -1.51. The van der Waals surface area contributed by atoms with Gasteiger partial charge in [-0.2, -0.15) is 5.26 Å². The monoisotopic (exact) mass is 300 g/mol. The van der Waals surface area contributed by atoms with Gasteiger partial charge in [0.15, 0.2) is 0 Å². The quantitative estimate of drug-likeness (QED) is 0.842. The van der Waals surface area contributed by atoms with Crippen molar-refractivity contribution in [3.63, 3.8) is 0 Å². The average Bonchev–Trinajstić information content (AvgIpc) is 2.55. The van der Waals surface area contributed by atoms with Crippen LogP contribution in [0.15, 0.2) is 24.5 Å². The molecule has 0 spiro atoms. The highest BCUT2D eigenvalue weighted by Gasteiger charge is 2.35. The second kappa shape index (κ2) is 7.55. The molecule has 0 bridgehead atoms. The Bertz CT molecular complexity index is 567. The number of nitriles is 1. The standard InChI is InChI=1S/C16H20N4O2/c17-10-12(9-11-5-7-19-8-6-11)20-16(22)14-4-2-1-3-13(14)15(18)21/h5-8,12-14H,1-4,9H2,(H2,18,21)(H,20,22)/t12?,13-,14+/m0/s1. The molecule has 0 saturated heterocycles. The van der Waals surface area contributed by atoms with Gasteiger partial charge in [0.25, 0.3) is 0 Å². The number of rotatable bonds is 5. The maximum absolute atomic E-state index is 12.4. The van der Waals surface area contributed by atoms with Gasteiger partial charge in [0.05, 0.1) is 6.07 Å². The molecule has 1 aliphatic carbocycles. The molecule has 3 atom stereocenters. The minimum atomic E-state index is -0.620. The van der Waals surface area contributed by atoms with E-state index in [9.17, 15) is 14.9 Å². The van der Waals surface area contributed by atoms with Gasteiger partial charge in [-0.15, -0.1) is 0 Å². The van der Waals surface area contributed by atoms with Crippen molar-refractivity contribution in [1.29, 1.82) is 5.26 Å². The second-order valence-corrected chi connectivity index (χ2v) is 5.65. The van der Waals surface area contributed by atoms with Crippen molar-refractivity contribution in [1.82, 2.24) is 10.3 Å². The Kier molecular flexibility index (Phi) is 5.48. The summed E-state index contributed by atoms with van der Waals surface area (Å²) in [6.45, 7) is 0. The van der Waals surface area contributed by atoms with Crippen LogP contribution in [0.4, 0.5) is 0 Å².